The molecule has 1 heterocycles. The zero-order valence-corrected chi connectivity index (χ0v) is 15.8. The summed E-state index contributed by atoms with van der Waals surface area (Å²) in [6, 6.07) is 3.68. The van der Waals surface area contributed by atoms with Gasteiger partial charge in [0.05, 0.1) is 19.8 Å². The number of H-pyrrole nitrogens is 1. The second-order valence-electron chi connectivity index (χ2n) is 5.12. The topological polar surface area (TPSA) is 64.1 Å². The van der Waals surface area contributed by atoms with Crippen LogP contribution in [-0.4, -0.2) is 28.1 Å². The number of nitrogens with one attached hydrogen (secondary N) is 2. The first-order chi connectivity index (χ1) is 11.6. The van der Waals surface area contributed by atoms with E-state index in [1.54, 1.807) is 10.7 Å². The van der Waals surface area contributed by atoms with Gasteiger partial charge in [-0.05, 0) is 44.1 Å². The highest BCUT2D eigenvalue weighted by Crippen LogP contribution is 2.33. The van der Waals surface area contributed by atoms with E-state index in [0.29, 0.717) is 41.1 Å². The predicted octanol–water partition coefficient (Wildman–Crippen LogP) is 4.09. The van der Waals surface area contributed by atoms with Gasteiger partial charge in [-0.2, -0.15) is 5.10 Å². The van der Waals surface area contributed by atoms with Crippen LogP contribution < -0.4 is 14.9 Å². The summed E-state index contributed by atoms with van der Waals surface area (Å²) >= 11 is 11.6. The molecule has 0 saturated carbocycles. The molecule has 0 amide bonds. The van der Waals surface area contributed by atoms with Crippen molar-refractivity contribution in [1.29, 1.82) is 0 Å². The fourth-order valence-corrected chi connectivity index (χ4v) is 2.73. The monoisotopic (exact) mass is 370 g/mol. The summed E-state index contributed by atoms with van der Waals surface area (Å²) in [5.41, 5.74) is 4.16. The molecule has 2 aromatic rings. The van der Waals surface area contributed by atoms with Crippen molar-refractivity contribution in [2.45, 2.75) is 40.2 Å². The van der Waals surface area contributed by atoms with Gasteiger partial charge in [0.15, 0.2) is 17.3 Å². The van der Waals surface area contributed by atoms with E-state index in [-0.39, 0.29) is 0 Å². The van der Waals surface area contributed by atoms with Gasteiger partial charge in [0.1, 0.15) is 0 Å². The van der Waals surface area contributed by atoms with E-state index in [1.165, 1.54) is 0 Å². The Labute approximate surface area is 152 Å². The van der Waals surface area contributed by atoms with Crippen LogP contribution in [0.25, 0.3) is 0 Å². The Kier molecular flexibility index (Phi) is 6.93. The molecule has 0 radical (unpaired) electrons. The van der Waals surface area contributed by atoms with Gasteiger partial charge in [-0.1, -0.05) is 18.5 Å². The molecule has 0 unspecified atom stereocenters. The number of aromatic nitrogens is 3. The number of hydrogen-bond acceptors (Lipinski definition) is 5. The van der Waals surface area contributed by atoms with Gasteiger partial charge in [0, 0.05) is 17.5 Å². The molecule has 0 aliphatic heterocycles. The van der Waals surface area contributed by atoms with Crippen molar-refractivity contribution in [2.24, 2.45) is 0 Å². The van der Waals surface area contributed by atoms with Crippen LogP contribution in [0.2, 0.25) is 5.02 Å². The van der Waals surface area contributed by atoms with Gasteiger partial charge in [0.25, 0.3) is 0 Å². The standard InChI is InChI=1S/C16H23ClN4O2S/c1-4-7-15-19-20-16(24)21(15)18-10-11-8-13(22-5-2)14(23-6-3)9-12(11)17/h8-9,18H,4-7,10H2,1-3H3,(H,20,24). The second kappa shape index (κ2) is 8.94. The normalized spacial score (nSPS) is 10.7. The molecule has 0 bridgehead atoms. The molecule has 0 saturated heterocycles. The van der Waals surface area contributed by atoms with E-state index < -0.39 is 0 Å². The number of benzene rings is 1. The van der Waals surface area contributed by atoms with E-state index >= 15 is 0 Å². The van der Waals surface area contributed by atoms with Crippen LogP contribution in [0, 0.1) is 4.77 Å². The zero-order chi connectivity index (χ0) is 17.5. The molecular formula is C16H23ClN4O2S. The number of nitrogens with zero attached hydrogens (tertiary/aromatic N) is 2. The first-order valence-electron chi connectivity index (χ1n) is 8.08. The molecule has 8 heteroatoms. The average Bonchev–Trinajstić information content (AvgIpc) is 2.90. The largest absolute Gasteiger partial charge is 0.490 e. The summed E-state index contributed by atoms with van der Waals surface area (Å²) in [6.45, 7) is 7.56. The van der Waals surface area contributed by atoms with Crippen molar-refractivity contribution in [1.82, 2.24) is 14.9 Å². The predicted molar refractivity (Wildman–Crippen MR) is 98.3 cm³/mol. The first-order valence-corrected chi connectivity index (χ1v) is 8.87. The van der Waals surface area contributed by atoms with Crippen LogP contribution in [0.5, 0.6) is 11.5 Å². The van der Waals surface area contributed by atoms with Crippen LogP contribution in [-0.2, 0) is 13.0 Å². The van der Waals surface area contributed by atoms with Gasteiger partial charge in [0.2, 0.25) is 4.77 Å². The molecule has 0 aliphatic carbocycles. The smallest absolute Gasteiger partial charge is 0.214 e. The molecule has 2 rings (SSSR count). The maximum absolute atomic E-state index is 6.38. The van der Waals surface area contributed by atoms with Crippen molar-refractivity contribution < 1.29 is 9.47 Å². The highest BCUT2D eigenvalue weighted by atomic mass is 35.5. The van der Waals surface area contributed by atoms with Gasteiger partial charge in [-0.25, -0.2) is 4.68 Å². The quantitative estimate of drug-likeness (QED) is 0.651. The van der Waals surface area contributed by atoms with Crippen molar-refractivity contribution >= 4 is 23.8 Å². The van der Waals surface area contributed by atoms with Crippen LogP contribution in [0.15, 0.2) is 12.1 Å². The summed E-state index contributed by atoms with van der Waals surface area (Å²) in [6.07, 6.45) is 1.82. The van der Waals surface area contributed by atoms with Crippen LogP contribution >= 0.6 is 23.8 Å². The minimum absolute atomic E-state index is 0.496. The number of halogens is 1. The Bertz CT molecular complexity index is 729. The Morgan fingerprint density at radius 3 is 2.50 bits per heavy atom. The van der Waals surface area contributed by atoms with Gasteiger partial charge in [-0.15, -0.1) is 0 Å². The molecule has 1 aromatic heterocycles. The van der Waals surface area contributed by atoms with Crippen LogP contribution in [0.1, 0.15) is 38.6 Å². The van der Waals surface area contributed by atoms with Gasteiger partial charge < -0.3 is 14.9 Å². The number of aromatic amines is 1. The highest BCUT2D eigenvalue weighted by Gasteiger charge is 2.12. The van der Waals surface area contributed by atoms with E-state index in [1.807, 2.05) is 19.9 Å². The average molecular weight is 371 g/mol. The summed E-state index contributed by atoms with van der Waals surface area (Å²) < 4.78 is 13.5. The Morgan fingerprint density at radius 1 is 1.21 bits per heavy atom. The lowest BCUT2D eigenvalue weighted by Gasteiger charge is -2.15. The summed E-state index contributed by atoms with van der Waals surface area (Å²) in [5.74, 6) is 2.21. The lowest BCUT2D eigenvalue weighted by atomic mass is 10.2. The van der Waals surface area contributed by atoms with Gasteiger partial charge in [-0.3, -0.25) is 5.10 Å². The van der Waals surface area contributed by atoms with Crippen LogP contribution in [0.3, 0.4) is 0 Å². The SMILES string of the molecule is CCCc1n[nH]c(=S)n1NCc1cc(OCC)c(OCC)cc1Cl. The molecule has 0 fully saturated rings. The maximum atomic E-state index is 6.38. The molecule has 132 valence electrons. The number of rotatable bonds is 9. The Morgan fingerprint density at radius 2 is 1.88 bits per heavy atom. The lowest BCUT2D eigenvalue weighted by Crippen LogP contribution is -2.18. The van der Waals surface area contributed by atoms with Crippen molar-refractivity contribution in [3.63, 3.8) is 0 Å². The Hall–Kier alpha value is -1.73. The van der Waals surface area contributed by atoms with Crippen molar-refractivity contribution in [3.05, 3.63) is 33.3 Å². The van der Waals surface area contributed by atoms with Crippen molar-refractivity contribution in [2.75, 3.05) is 18.6 Å². The third-order valence-corrected chi connectivity index (χ3v) is 3.98. The number of ether oxygens (including phenoxy) is 2. The van der Waals surface area contributed by atoms with E-state index in [2.05, 4.69) is 22.5 Å². The lowest BCUT2D eigenvalue weighted by molar-refractivity contribution is 0.287. The van der Waals surface area contributed by atoms with Crippen molar-refractivity contribution in [3.8, 4) is 11.5 Å². The Balaban J connectivity index is 2.22. The molecule has 6 nitrogen and oxygen atoms in total. The third kappa shape index (κ3) is 4.42. The van der Waals surface area contributed by atoms with Gasteiger partial charge >= 0.3 is 0 Å². The molecule has 1 aromatic carbocycles. The zero-order valence-electron chi connectivity index (χ0n) is 14.2. The third-order valence-electron chi connectivity index (χ3n) is 3.36. The van der Waals surface area contributed by atoms with E-state index in [4.69, 9.17) is 33.3 Å². The molecular weight excluding hydrogens is 348 g/mol. The molecule has 24 heavy (non-hydrogen) atoms. The van der Waals surface area contributed by atoms with Crippen LogP contribution in [0.4, 0.5) is 0 Å². The summed E-state index contributed by atoms with van der Waals surface area (Å²) in [5, 5.41) is 7.65. The van der Waals surface area contributed by atoms with E-state index in [9.17, 15) is 0 Å². The number of aryl methyl sites for hydroxylation is 1. The first kappa shape index (κ1) is 18.6. The number of hydrogen-bond donors (Lipinski definition) is 2. The summed E-state index contributed by atoms with van der Waals surface area (Å²) in [7, 11) is 0. The maximum Gasteiger partial charge on any atom is 0.214 e. The molecule has 0 spiro atoms. The minimum Gasteiger partial charge on any atom is -0.490 e. The minimum atomic E-state index is 0.496. The highest BCUT2D eigenvalue weighted by molar-refractivity contribution is 7.71. The second-order valence-corrected chi connectivity index (χ2v) is 5.92. The fraction of sp³-hybridized carbons (Fsp3) is 0.500. The molecule has 0 atom stereocenters. The van der Waals surface area contributed by atoms with E-state index in [0.717, 1.165) is 24.2 Å². The summed E-state index contributed by atoms with van der Waals surface area (Å²) in [4.78, 5) is 0. The molecule has 0 aliphatic rings. The fourth-order valence-electron chi connectivity index (χ4n) is 2.30. The molecule has 2 N–H and O–H groups in total.